The molecule has 0 heterocycles. The summed E-state index contributed by atoms with van der Waals surface area (Å²) in [4.78, 5) is 11.7. The van der Waals surface area contributed by atoms with Crippen LogP contribution in [-0.4, -0.2) is 12.5 Å². The van der Waals surface area contributed by atoms with Crippen LogP contribution >= 0.6 is 11.8 Å². The second-order valence-electron chi connectivity index (χ2n) is 3.53. The fraction of sp³-hybridized carbons (Fsp3) is 0.417. The average Bonchev–Trinajstić information content (AvgIpc) is 2.19. The summed E-state index contributed by atoms with van der Waals surface area (Å²) in [5, 5.41) is 0. The van der Waals surface area contributed by atoms with Gasteiger partial charge in [0, 0.05) is 11.3 Å². The van der Waals surface area contributed by atoms with E-state index in [0.717, 1.165) is 6.29 Å². The van der Waals surface area contributed by atoms with Crippen molar-refractivity contribution in [1.29, 1.82) is 0 Å². The van der Waals surface area contributed by atoms with E-state index in [1.807, 2.05) is 0 Å². The molecule has 0 aliphatic heterocycles. The van der Waals surface area contributed by atoms with Gasteiger partial charge in [-0.25, -0.2) is 0 Å². The molecule has 0 N–H and O–H groups in total. The van der Waals surface area contributed by atoms with Gasteiger partial charge in [-0.2, -0.15) is 0 Å². The van der Waals surface area contributed by atoms with E-state index in [0.29, 0.717) is 12.3 Å². The van der Waals surface area contributed by atoms with Gasteiger partial charge in [0.2, 0.25) is 0 Å². The van der Waals surface area contributed by atoms with Gasteiger partial charge in [0.15, 0.2) is 0 Å². The Morgan fingerprint density at radius 3 is 2.79 bits per heavy atom. The highest BCUT2D eigenvalue weighted by Gasteiger charge is 2.06. The molecule has 1 nitrogen and oxygen atoms in total. The lowest BCUT2D eigenvalue weighted by atomic mass is 9.98. The zero-order valence-corrected chi connectivity index (χ0v) is 9.73. The van der Waals surface area contributed by atoms with Crippen molar-refractivity contribution < 1.29 is 4.79 Å². The molecular formula is C12H16OS. The number of benzene rings is 1. The van der Waals surface area contributed by atoms with Crippen LogP contribution in [0.3, 0.4) is 0 Å². The molecule has 0 amide bonds. The predicted molar refractivity (Wildman–Crippen MR) is 62.1 cm³/mol. The monoisotopic (exact) mass is 208 g/mol. The van der Waals surface area contributed by atoms with Crippen molar-refractivity contribution in [2.45, 2.75) is 31.1 Å². The highest BCUT2D eigenvalue weighted by Crippen LogP contribution is 2.26. The molecule has 0 radical (unpaired) electrons. The molecule has 76 valence electrons. The van der Waals surface area contributed by atoms with E-state index >= 15 is 0 Å². The molecule has 1 aromatic rings. The second-order valence-corrected chi connectivity index (χ2v) is 4.38. The molecule has 0 aliphatic carbocycles. The van der Waals surface area contributed by atoms with Crippen molar-refractivity contribution in [3.05, 3.63) is 29.3 Å². The SMILES string of the molecule is CSc1cc(C(C)CC=O)ccc1C. The van der Waals surface area contributed by atoms with Crippen molar-refractivity contribution in [1.82, 2.24) is 0 Å². The number of rotatable bonds is 4. The summed E-state index contributed by atoms with van der Waals surface area (Å²) in [6, 6.07) is 6.43. The van der Waals surface area contributed by atoms with Gasteiger partial charge < -0.3 is 4.79 Å². The van der Waals surface area contributed by atoms with Gasteiger partial charge in [0.1, 0.15) is 6.29 Å². The Kier molecular flexibility index (Phi) is 4.21. The van der Waals surface area contributed by atoms with E-state index in [-0.39, 0.29) is 0 Å². The normalized spacial score (nSPS) is 12.5. The molecule has 1 rings (SSSR count). The summed E-state index contributed by atoms with van der Waals surface area (Å²) in [5.74, 6) is 0.332. The number of thioether (sulfide) groups is 1. The third-order valence-corrected chi connectivity index (χ3v) is 3.33. The lowest BCUT2D eigenvalue weighted by Crippen LogP contribution is -1.95. The van der Waals surface area contributed by atoms with Crippen molar-refractivity contribution in [2.75, 3.05) is 6.26 Å². The molecule has 0 saturated carbocycles. The van der Waals surface area contributed by atoms with E-state index in [4.69, 9.17) is 0 Å². The third-order valence-electron chi connectivity index (χ3n) is 2.45. The van der Waals surface area contributed by atoms with Crippen molar-refractivity contribution in [2.24, 2.45) is 0 Å². The zero-order chi connectivity index (χ0) is 10.6. The Morgan fingerprint density at radius 2 is 2.21 bits per heavy atom. The highest BCUT2D eigenvalue weighted by atomic mass is 32.2. The van der Waals surface area contributed by atoms with E-state index < -0.39 is 0 Å². The molecule has 14 heavy (non-hydrogen) atoms. The standard InChI is InChI=1S/C12H16OS/c1-9(6-7-13)11-5-4-10(2)12(8-11)14-3/h4-5,7-9H,6H2,1-3H3. The number of carbonyl (C=O) groups is 1. The number of hydrogen-bond donors (Lipinski definition) is 0. The number of aryl methyl sites for hydroxylation is 1. The lowest BCUT2D eigenvalue weighted by molar-refractivity contribution is -0.108. The van der Waals surface area contributed by atoms with Crippen molar-refractivity contribution >= 4 is 18.0 Å². The van der Waals surface area contributed by atoms with E-state index in [1.165, 1.54) is 16.0 Å². The molecule has 0 saturated heterocycles. The molecule has 1 atom stereocenters. The van der Waals surface area contributed by atoms with E-state index in [2.05, 4.69) is 38.3 Å². The molecule has 0 aromatic heterocycles. The van der Waals surface area contributed by atoms with Gasteiger partial charge in [-0.1, -0.05) is 19.1 Å². The summed E-state index contributed by atoms with van der Waals surface area (Å²) < 4.78 is 0. The fourth-order valence-corrected chi connectivity index (χ4v) is 2.07. The van der Waals surface area contributed by atoms with Gasteiger partial charge in [-0.05, 0) is 36.3 Å². The Hall–Kier alpha value is -0.760. The molecule has 0 bridgehead atoms. The topological polar surface area (TPSA) is 17.1 Å². The minimum Gasteiger partial charge on any atom is -0.303 e. The maximum absolute atomic E-state index is 10.4. The Labute approximate surface area is 89.9 Å². The minimum atomic E-state index is 0.332. The Balaban J connectivity index is 2.93. The summed E-state index contributed by atoms with van der Waals surface area (Å²) in [6.07, 6.45) is 3.68. The number of carbonyl (C=O) groups excluding carboxylic acids is 1. The Morgan fingerprint density at radius 1 is 1.50 bits per heavy atom. The summed E-state index contributed by atoms with van der Waals surface area (Å²) >= 11 is 1.76. The number of hydrogen-bond acceptors (Lipinski definition) is 2. The number of aldehydes is 1. The van der Waals surface area contributed by atoms with Gasteiger partial charge in [0.25, 0.3) is 0 Å². The van der Waals surface area contributed by atoms with Crippen LogP contribution in [0.4, 0.5) is 0 Å². The highest BCUT2D eigenvalue weighted by molar-refractivity contribution is 7.98. The lowest BCUT2D eigenvalue weighted by Gasteiger charge is -2.11. The van der Waals surface area contributed by atoms with Gasteiger partial charge in [-0.3, -0.25) is 0 Å². The first-order chi connectivity index (χ1) is 6.69. The molecule has 2 heteroatoms. The smallest absolute Gasteiger partial charge is 0.120 e. The largest absolute Gasteiger partial charge is 0.303 e. The van der Waals surface area contributed by atoms with Crippen molar-refractivity contribution in [3.63, 3.8) is 0 Å². The average molecular weight is 208 g/mol. The van der Waals surface area contributed by atoms with E-state index in [1.54, 1.807) is 11.8 Å². The van der Waals surface area contributed by atoms with Crippen LogP contribution in [-0.2, 0) is 4.79 Å². The van der Waals surface area contributed by atoms with Crippen molar-refractivity contribution in [3.8, 4) is 0 Å². The first kappa shape index (κ1) is 11.3. The van der Waals surface area contributed by atoms with Crippen LogP contribution in [0, 0.1) is 6.92 Å². The molecule has 0 fully saturated rings. The maximum Gasteiger partial charge on any atom is 0.120 e. The third kappa shape index (κ3) is 2.61. The van der Waals surface area contributed by atoms with Crippen LogP contribution < -0.4 is 0 Å². The molecule has 1 aromatic carbocycles. The predicted octanol–water partition coefficient (Wildman–Crippen LogP) is 3.41. The molecule has 0 aliphatic rings. The molecule has 1 unspecified atom stereocenters. The fourth-order valence-electron chi connectivity index (χ4n) is 1.42. The maximum atomic E-state index is 10.4. The summed E-state index contributed by atoms with van der Waals surface area (Å²) in [5.41, 5.74) is 2.56. The van der Waals surface area contributed by atoms with Crippen LogP contribution in [0.15, 0.2) is 23.1 Å². The van der Waals surface area contributed by atoms with Gasteiger partial charge >= 0.3 is 0 Å². The first-order valence-corrected chi connectivity index (χ1v) is 5.99. The van der Waals surface area contributed by atoms with Gasteiger partial charge in [0.05, 0.1) is 0 Å². The van der Waals surface area contributed by atoms with Crippen LogP contribution in [0.25, 0.3) is 0 Å². The van der Waals surface area contributed by atoms with Crippen LogP contribution in [0.5, 0.6) is 0 Å². The first-order valence-electron chi connectivity index (χ1n) is 4.77. The summed E-state index contributed by atoms with van der Waals surface area (Å²) in [7, 11) is 0. The quantitative estimate of drug-likeness (QED) is 0.557. The molecule has 0 spiro atoms. The van der Waals surface area contributed by atoms with Crippen LogP contribution in [0.2, 0.25) is 0 Å². The summed E-state index contributed by atoms with van der Waals surface area (Å²) in [6.45, 7) is 4.20. The second kappa shape index (κ2) is 5.20. The van der Waals surface area contributed by atoms with Crippen LogP contribution in [0.1, 0.15) is 30.4 Å². The van der Waals surface area contributed by atoms with Gasteiger partial charge in [-0.15, -0.1) is 11.8 Å². The Bertz CT molecular complexity index is 320. The zero-order valence-electron chi connectivity index (χ0n) is 8.91. The minimum absolute atomic E-state index is 0.332. The molecular weight excluding hydrogens is 192 g/mol. The van der Waals surface area contributed by atoms with E-state index in [9.17, 15) is 4.79 Å².